The van der Waals surface area contributed by atoms with E-state index in [4.69, 9.17) is 0 Å². The largest absolute Gasteiger partial charge is 0.469 e. The highest BCUT2D eigenvalue weighted by atomic mass is 79.9. The fourth-order valence-corrected chi connectivity index (χ4v) is 2.86. The lowest BCUT2D eigenvalue weighted by molar-refractivity contribution is -0.140. The van der Waals surface area contributed by atoms with Crippen LogP contribution in [0.25, 0.3) is 0 Å². The zero-order valence-corrected chi connectivity index (χ0v) is 14.1. The molecule has 1 amide bonds. The van der Waals surface area contributed by atoms with Crippen LogP contribution in [0.3, 0.4) is 0 Å². The second kappa shape index (κ2) is 8.32. The first-order valence-electron chi connectivity index (χ1n) is 6.16. The maximum Gasteiger partial charge on any atom is 0.306 e. The van der Waals surface area contributed by atoms with Gasteiger partial charge in [-0.05, 0) is 40.5 Å². The lowest BCUT2D eigenvalue weighted by Crippen LogP contribution is -2.17. The highest BCUT2D eigenvalue weighted by molar-refractivity contribution is 9.10. The molecule has 110 valence electrons. The highest BCUT2D eigenvalue weighted by Crippen LogP contribution is 2.24. The van der Waals surface area contributed by atoms with E-state index in [1.54, 1.807) is 0 Å². The van der Waals surface area contributed by atoms with Gasteiger partial charge in [0.05, 0.1) is 25.0 Å². The van der Waals surface area contributed by atoms with E-state index in [-0.39, 0.29) is 17.1 Å². The van der Waals surface area contributed by atoms with Gasteiger partial charge in [-0.15, -0.1) is 11.8 Å². The van der Waals surface area contributed by atoms with Crippen LogP contribution >= 0.6 is 27.7 Å². The van der Waals surface area contributed by atoms with Gasteiger partial charge in [0.25, 0.3) is 0 Å². The summed E-state index contributed by atoms with van der Waals surface area (Å²) in [4.78, 5) is 22.9. The molecule has 20 heavy (non-hydrogen) atoms. The predicted molar refractivity (Wildman–Crippen MR) is 86.1 cm³/mol. The average Bonchev–Trinajstić information content (AvgIpc) is 2.39. The molecule has 1 N–H and O–H groups in total. The van der Waals surface area contributed by atoms with Crippen molar-refractivity contribution in [2.75, 3.05) is 18.2 Å². The standard InChI is InChI=1S/C14H18BrNO3S/c1-9-4-5-12(11(15)6-9)16-13(17)8-20-10(2)7-14(18)19-3/h4-6,10H,7-8H2,1-3H3,(H,16,17). The van der Waals surface area contributed by atoms with Gasteiger partial charge in [-0.2, -0.15) is 0 Å². The van der Waals surface area contributed by atoms with Crippen molar-refractivity contribution in [1.29, 1.82) is 0 Å². The smallest absolute Gasteiger partial charge is 0.306 e. The molecule has 0 aliphatic rings. The maximum atomic E-state index is 11.8. The van der Waals surface area contributed by atoms with Gasteiger partial charge in [0.2, 0.25) is 5.91 Å². The molecule has 0 saturated heterocycles. The second-order valence-corrected chi connectivity index (χ2v) is 6.71. The summed E-state index contributed by atoms with van der Waals surface area (Å²) >= 11 is 4.84. The number of aryl methyl sites for hydroxylation is 1. The van der Waals surface area contributed by atoms with Crippen LogP contribution < -0.4 is 5.32 Å². The number of rotatable bonds is 6. The van der Waals surface area contributed by atoms with Crippen LogP contribution in [-0.2, 0) is 14.3 Å². The van der Waals surface area contributed by atoms with E-state index in [0.717, 1.165) is 15.7 Å². The number of esters is 1. The minimum Gasteiger partial charge on any atom is -0.469 e. The lowest BCUT2D eigenvalue weighted by atomic mass is 10.2. The van der Waals surface area contributed by atoms with E-state index in [9.17, 15) is 9.59 Å². The Morgan fingerprint density at radius 1 is 1.45 bits per heavy atom. The number of ether oxygens (including phenoxy) is 1. The number of methoxy groups -OCH3 is 1. The van der Waals surface area contributed by atoms with E-state index >= 15 is 0 Å². The summed E-state index contributed by atoms with van der Waals surface area (Å²) in [5.41, 5.74) is 1.87. The Labute approximate surface area is 131 Å². The summed E-state index contributed by atoms with van der Waals surface area (Å²) in [6.45, 7) is 3.89. The summed E-state index contributed by atoms with van der Waals surface area (Å²) in [6.07, 6.45) is 0.308. The fourth-order valence-electron chi connectivity index (χ4n) is 1.50. The van der Waals surface area contributed by atoms with Gasteiger partial charge in [-0.25, -0.2) is 0 Å². The molecule has 0 bridgehead atoms. The van der Waals surface area contributed by atoms with Gasteiger partial charge in [0.1, 0.15) is 0 Å². The van der Waals surface area contributed by atoms with Gasteiger partial charge < -0.3 is 10.1 Å². The molecule has 0 spiro atoms. The van der Waals surface area contributed by atoms with Gasteiger partial charge >= 0.3 is 5.97 Å². The zero-order chi connectivity index (χ0) is 15.1. The van der Waals surface area contributed by atoms with E-state index in [1.165, 1.54) is 18.9 Å². The Morgan fingerprint density at radius 2 is 2.15 bits per heavy atom. The van der Waals surface area contributed by atoms with E-state index in [2.05, 4.69) is 26.0 Å². The van der Waals surface area contributed by atoms with Crippen LogP contribution in [0.5, 0.6) is 0 Å². The van der Waals surface area contributed by atoms with Crippen LogP contribution in [0.4, 0.5) is 5.69 Å². The molecule has 0 aliphatic heterocycles. The van der Waals surface area contributed by atoms with Crippen molar-refractivity contribution in [3.05, 3.63) is 28.2 Å². The molecule has 0 fully saturated rings. The Balaban J connectivity index is 2.42. The number of halogens is 1. The minimum absolute atomic E-state index is 0.0506. The third kappa shape index (κ3) is 5.96. The van der Waals surface area contributed by atoms with Crippen molar-refractivity contribution in [1.82, 2.24) is 0 Å². The molecule has 0 saturated carbocycles. The third-order valence-corrected chi connectivity index (χ3v) is 4.40. The number of anilines is 1. The second-order valence-electron chi connectivity index (χ2n) is 4.43. The number of benzene rings is 1. The zero-order valence-electron chi connectivity index (χ0n) is 11.7. The van der Waals surface area contributed by atoms with Crippen molar-refractivity contribution in [2.24, 2.45) is 0 Å². The predicted octanol–water partition coefficient (Wildman–Crippen LogP) is 3.38. The molecule has 0 heterocycles. The summed E-state index contributed by atoms with van der Waals surface area (Å²) in [5.74, 6) is -0.0404. The van der Waals surface area contributed by atoms with Crippen LogP contribution in [0.1, 0.15) is 18.9 Å². The summed E-state index contributed by atoms with van der Waals surface area (Å²) in [7, 11) is 1.36. The van der Waals surface area contributed by atoms with Crippen molar-refractivity contribution in [3.8, 4) is 0 Å². The first kappa shape index (κ1) is 17.0. The molecular weight excluding hydrogens is 342 g/mol. The molecule has 1 aromatic rings. The summed E-state index contributed by atoms with van der Waals surface area (Å²) in [6, 6.07) is 5.75. The fraction of sp³-hybridized carbons (Fsp3) is 0.429. The molecule has 0 aromatic heterocycles. The van der Waals surface area contributed by atoms with Crippen molar-refractivity contribution >= 4 is 45.3 Å². The van der Waals surface area contributed by atoms with Gasteiger partial charge in [0.15, 0.2) is 0 Å². The Kier molecular flexibility index (Phi) is 7.09. The number of carbonyl (C=O) groups is 2. The molecule has 6 heteroatoms. The number of thioether (sulfide) groups is 1. The quantitative estimate of drug-likeness (QED) is 0.791. The van der Waals surface area contributed by atoms with E-state index in [1.807, 2.05) is 32.0 Å². The van der Waals surface area contributed by atoms with Crippen molar-refractivity contribution < 1.29 is 14.3 Å². The first-order valence-corrected chi connectivity index (χ1v) is 8.01. The van der Waals surface area contributed by atoms with Crippen LogP contribution in [0.2, 0.25) is 0 Å². The average molecular weight is 360 g/mol. The Morgan fingerprint density at radius 3 is 2.75 bits per heavy atom. The molecule has 0 radical (unpaired) electrons. The molecule has 1 rings (SSSR count). The first-order chi connectivity index (χ1) is 9.42. The molecular formula is C14H18BrNO3S. The number of hydrogen-bond donors (Lipinski definition) is 1. The highest BCUT2D eigenvalue weighted by Gasteiger charge is 2.12. The van der Waals surface area contributed by atoms with Gasteiger partial charge in [-0.3, -0.25) is 9.59 Å². The van der Waals surface area contributed by atoms with Crippen molar-refractivity contribution in [3.63, 3.8) is 0 Å². The van der Waals surface area contributed by atoms with Crippen molar-refractivity contribution in [2.45, 2.75) is 25.5 Å². The molecule has 1 aromatic carbocycles. The number of nitrogens with one attached hydrogen (secondary N) is 1. The summed E-state index contributed by atoms with van der Waals surface area (Å²) < 4.78 is 5.45. The molecule has 1 unspecified atom stereocenters. The number of carbonyl (C=O) groups excluding carboxylic acids is 2. The Bertz CT molecular complexity index is 493. The number of hydrogen-bond acceptors (Lipinski definition) is 4. The molecule has 4 nitrogen and oxygen atoms in total. The monoisotopic (exact) mass is 359 g/mol. The molecule has 1 atom stereocenters. The van der Waals surface area contributed by atoms with Crippen LogP contribution in [0, 0.1) is 6.92 Å². The summed E-state index contributed by atoms with van der Waals surface area (Å²) in [5, 5.41) is 2.89. The van der Waals surface area contributed by atoms with Crippen LogP contribution in [-0.4, -0.2) is 30.0 Å². The number of amides is 1. The minimum atomic E-state index is -0.258. The van der Waals surface area contributed by atoms with E-state index in [0.29, 0.717) is 12.2 Å². The third-order valence-electron chi connectivity index (χ3n) is 2.58. The SMILES string of the molecule is COC(=O)CC(C)SCC(=O)Nc1ccc(C)cc1Br. The lowest BCUT2D eigenvalue weighted by Gasteiger charge is -2.11. The normalized spacial score (nSPS) is 11.8. The van der Waals surface area contributed by atoms with Crippen LogP contribution in [0.15, 0.2) is 22.7 Å². The topological polar surface area (TPSA) is 55.4 Å². The Hall–Kier alpha value is -1.01. The maximum absolute atomic E-state index is 11.8. The van der Waals surface area contributed by atoms with E-state index < -0.39 is 0 Å². The van der Waals surface area contributed by atoms with Gasteiger partial charge in [0, 0.05) is 9.72 Å². The van der Waals surface area contributed by atoms with Gasteiger partial charge in [-0.1, -0.05) is 13.0 Å². The molecule has 0 aliphatic carbocycles.